The molecule has 0 saturated carbocycles. The zero-order valence-corrected chi connectivity index (χ0v) is 16.2. The van der Waals surface area contributed by atoms with Gasteiger partial charge >= 0.3 is 0 Å². The third kappa shape index (κ3) is 3.08. The second-order valence-corrected chi connectivity index (χ2v) is 7.45. The Morgan fingerprint density at radius 2 is 1.93 bits per heavy atom. The lowest BCUT2D eigenvalue weighted by Gasteiger charge is -2.13. The van der Waals surface area contributed by atoms with E-state index in [1.807, 2.05) is 13.0 Å². The summed E-state index contributed by atoms with van der Waals surface area (Å²) >= 11 is 0. The summed E-state index contributed by atoms with van der Waals surface area (Å²) in [4.78, 5) is 21.1. The number of amides is 1. The molecule has 0 unspecified atom stereocenters. The van der Waals surface area contributed by atoms with Gasteiger partial charge in [0.15, 0.2) is 11.6 Å². The first-order valence-corrected chi connectivity index (χ1v) is 9.59. The quantitative estimate of drug-likeness (QED) is 0.541. The molecular weight excluding hydrogens is 385 g/mol. The third-order valence-corrected chi connectivity index (χ3v) is 5.37. The van der Waals surface area contributed by atoms with Crippen molar-refractivity contribution in [3.63, 3.8) is 0 Å². The third-order valence-electron chi connectivity index (χ3n) is 5.37. The smallest absolute Gasteiger partial charge is 0.255 e. The Labute approximate surface area is 171 Å². The summed E-state index contributed by atoms with van der Waals surface area (Å²) in [5.74, 6) is 0.526. The standard InChI is InChI=1S/C23H18FN3O3/c1-12-9-25-19(30-12)8-16-17-7-14(6-13-2-4-15(24)5-3-13)10-26-21(17)22(28)20-18(16)11-27-23(20)29/h2-5,7,9-10,28H,6,8,11H2,1H3,(H,27,29). The number of phenolic OH excluding ortho intramolecular Hbond substituents is 1. The van der Waals surface area contributed by atoms with E-state index >= 15 is 0 Å². The number of hydrogen-bond acceptors (Lipinski definition) is 5. The number of rotatable bonds is 4. The topological polar surface area (TPSA) is 88.2 Å². The van der Waals surface area contributed by atoms with Gasteiger partial charge in [-0.2, -0.15) is 0 Å². The average Bonchev–Trinajstić information content (AvgIpc) is 3.32. The monoisotopic (exact) mass is 403 g/mol. The van der Waals surface area contributed by atoms with Gasteiger partial charge in [-0.15, -0.1) is 0 Å². The molecular formula is C23H18FN3O3. The average molecular weight is 403 g/mol. The van der Waals surface area contributed by atoms with E-state index in [0.717, 1.165) is 27.6 Å². The molecule has 7 heteroatoms. The van der Waals surface area contributed by atoms with Crippen LogP contribution in [0.1, 0.15) is 44.3 Å². The summed E-state index contributed by atoms with van der Waals surface area (Å²) in [5.41, 5.74) is 4.08. The molecule has 0 saturated heterocycles. The van der Waals surface area contributed by atoms with Crippen LogP contribution in [-0.2, 0) is 19.4 Å². The first kappa shape index (κ1) is 18.3. The van der Waals surface area contributed by atoms with Crippen molar-refractivity contribution in [2.75, 3.05) is 0 Å². The number of benzene rings is 2. The predicted molar refractivity (Wildman–Crippen MR) is 108 cm³/mol. The van der Waals surface area contributed by atoms with Crippen molar-refractivity contribution in [1.29, 1.82) is 0 Å². The number of carbonyl (C=O) groups excluding carboxylic acids is 1. The van der Waals surface area contributed by atoms with Gasteiger partial charge in [0.05, 0.1) is 18.2 Å². The molecule has 0 aliphatic carbocycles. The molecule has 2 N–H and O–H groups in total. The number of aromatic hydroxyl groups is 1. The van der Waals surface area contributed by atoms with Crippen LogP contribution in [0.4, 0.5) is 4.39 Å². The molecule has 1 aliphatic rings. The lowest BCUT2D eigenvalue weighted by molar-refractivity contribution is 0.0963. The molecule has 0 bridgehead atoms. The molecule has 2 aromatic heterocycles. The van der Waals surface area contributed by atoms with E-state index in [4.69, 9.17) is 4.42 Å². The van der Waals surface area contributed by atoms with Gasteiger partial charge in [-0.1, -0.05) is 12.1 Å². The van der Waals surface area contributed by atoms with Crippen molar-refractivity contribution < 1.29 is 18.7 Å². The molecule has 0 atom stereocenters. The van der Waals surface area contributed by atoms with Crippen LogP contribution < -0.4 is 5.32 Å². The largest absolute Gasteiger partial charge is 0.505 e. The van der Waals surface area contributed by atoms with Gasteiger partial charge in [-0.3, -0.25) is 9.78 Å². The summed E-state index contributed by atoms with van der Waals surface area (Å²) in [6, 6.07) is 8.28. The van der Waals surface area contributed by atoms with Crippen molar-refractivity contribution in [2.24, 2.45) is 0 Å². The number of fused-ring (bicyclic) bond motifs is 2. The zero-order valence-electron chi connectivity index (χ0n) is 16.2. The van der Waals surface area contributed by atoms with Crippen molar-refractivity contribution in [3.8, 4) is 5.75 Å². The van der Waals surface area contributed by atoms with Crippen LogP contribution in [0.2, 0.25) is 0 Å². The number of hydrogen-bond donors (Lipinski definition) is 2. The number of nitrogens with zero attached hydrogens (tertiary/aromatic N) is 2. The van der Waals surface area contributed by atoms with Crippen LogP contribution in [-0.4, -0.2) is 21.0 Å². The minimum absolute atomic E-state index is 0.115. The number of aryl methyl sites for hydroxylation is 1. The first-order valence-electron chi connectivity index (χ1n) is 9.59. The molecule has 1 aliphatic heterocycles. The highest BCUT2D eigenvalue weighted by molar-refractivity contribution is 6.07. The fraction of sp³-hybridized carbons (Fsp3) is 0.174. The number of aromatic nitrogens is 2. The number of nitrogens with one attached hydrogen (secondary N) is 1. The Morgan fingerprint density at radius 3 is 2.67 bits per heavy atom. The minimum atomic E-state index is -0.313. The molecule has 3 heterocycles. The Bertz CT molecular complexity index is 1300. The zero-order chi connectivity index (χ0) is 20.8. The van der Waals surface area contributed by atoms with Crippen LogP contribution in [0.5, 0.6) is 5.75 Å². The van der Waals surface area contributed by atoms with Gasteiger partial charge in [0.25, 0.3) is 5.91 Å². The Morgan fingerprint density at radius 1 is 1.13 bits per heavy atom. The van der Waals surface area contributed by atoms with Gasteiger partial charge in [0.1, 0.15) is 17.1 Å². The number of carbonyl (C=O) groups is 1. The van der Waals surface area contributed by atoms with E-state index in [-0.39, 0.29) is 23.0 Å². The van der Waals surface area contributed by atoms with E-state index in [1.54, 1.807) is 24.5 Å². The van der Waals surface area contributed by atoms with E-state index in [1.165, 1.54) is 12.1 Å². The summed E-state index contributed by atoms with van der Waals surface area (Å²) in [6.45, 7) is 2.15. The summed E-state index contributed by atoms with van der Waals surface area (Å²) < 4.78 is 18.9. The Balaban J connectivity index is 1.66. The maximum atomic E-state index is 13.2. The lowest BCUT2D eigenvalue weighted by Crippen LogP contribution is -2.12. The van der Waals surface area contributed by atoms with Crippen LogP contribution in [0.3, 0.4) is 0 Å². The normalized spacial score (nSPS) is 12.9. The van der Waals surface area contributed by atoms with Crippen LogP contribution >= 0.6 is 0 Å². The molecule has 4 aromatic rings. The predicted octanol–water partition coefficient (Wildman–Crippen LogP) is 3.80. The van der Waals surface area contributed by atoms with E-state index in [2.05, 4.69) is 15.3 Å². The molecule has 30 heavy (non-hydrogen) atoms. The minimum Gasteiger partial charge on any atom is -0.505 e. The van der Waals surface area contributed by atoms with Crippen molar-refractivity contribution in [3.05, 3.63) is 88.0 Å². The van der Waals surface area contributed by atoms with Gasteiger partial charge < -0.3 is 14.8 Å². The summed E-state index contributed by atoms with van der Waals surface area (Å²) in [7, 11) is 0. The fourth-order valence-corrected chi connectivity index (χ4v) is 3.97. The van der Waals surface area contributed by atoms with Crippen molar-refractivity contribution >= 4 is 16.8 Å². The molecule has 150 valence electrons. The molecule has 0 fully saturated rings. The summed E-state index contributed by atoms with van der Waals surface area (Å²) in [5, 5.41) is 14.3. The van der Waals surface area contributed by atoms with Gasteiger partial charge in [0, 0.05) is 18.1 Å². The maximum Gasteiger partial charge on any atom is 0.255 e. The highest BCUT2D eigenvalue weighted by Gasteiger charge is 2.30. The fourth-order valence-electron chi connectivity index (χ4n) is 3.97. The van der Waals surface area contributed by atoms with E-state index < -0.39 is 0 Å². The highest BCUT2D eigenvalue weighted by atomic mass is 19.1. The molecule has 5 rings (SSSR count). The lowest BCUT2D eigenvalue weighted by atomic mass is 9.93. The van der Waals surface area contributed by atoms with Crippen LogP contribution in [0.15, 0.2) is 47.1 Å². The summed E-state index contributed by atoms with van der Waals surface area (Å²) in [6.07, 6.45) is 4.27. The maximum absolute atomic E-state index is 13.2. The molecule has 0 spiro atoms. The second-order valence-electron chi connectivity index (χ2n) is 7.45. The SMILES string of the molecule is Cc1cnc(Cc2c3c(c(O)c4ncc(Cc5ccc(F)cc5)cc24)C(=O)NC3)o1. The molecule has 1 amide bonds. The van der Waals surface area contributed by atoms with E-state index in [0.29, 0.717) is 36.6 Å². The van der Waals surface area contributed by atoms with Crippen molar-refractivity contribution in [2.45, 2.75) is 26.3 Å². The number of halogens is 1. The van der Waals surface area contributed by atoms with E-state index in [9.17, 15) is 14.3 Å². The van der Waals surface area contributed by atoms with Gasteiger partial charge in [-0.05, 0) is 53.8 Å². The number of phenols is 1. The Kier molecular flexibility index (Phi) is 4.24. The highest BCUT2D eigenvalue weighted by Crippen LogP contribution is 2.38. The molecule has 2 aromatic carbocycles. The van der Waals surface area contributed by atoms with Crippen molar-refractivity contribution in [1.82, 2.24) is 15.3 Å². The number of pyridine rings is 1. The first-order chi connectivity index (χ1) is 14.5. The van der Waals surface area contributed by atoms with Crippen LogP contribution in [0, 0.1) is 12.7 Å². The second kappa shape index (κ2) is 6.95. The van der Waals surface area contributed by atoms with Crippen LogP contribution in [0.25, 0.3) is 10.9 Å². The Hall–Kier alpha value is -3.74. The van der Waals surface area contributed by atoms with Gasteiger partial charge in [-0.25, -0.2) is 9.37 Å². The molecule has 0 radical (unpaired) electrons. The number of oxazole rings is 1. The molecule has 6 nitrogen and oxygen atoms in total. The van der Waals surface area contributed by atoms with Gasteiger partial charge in [0.2, 0.25) is 0 Å².